The van der Waals surface area contributed by atoms with Crippen LogP contribution in [0.5, 0.6) is 0 Å². The lowest BCUT2D eigenvalue weighted by atomic mass is 10.2. The molecular formula is C14H16F3N3. The number of aromatic nitrogens is 1. The zero-order valence-electron chi connectivity index (χ0n) is 11.2. The lowest BCUT2D eigenvalue weighted by Gasteiger charge is -2.25. The predicted molar refractivity (Wildman–Crippen MR) is 69.2 cm³/mol. The topological polar surface area (TPSA) is 39.9 Å². The van der Waals surface area contributed by atoms with Crippen LogP contribution in [0.4, 0.5) is 19.0 Å². The van der Waals surface area contributed by atoms with Crippen LogP contribution < -0.4 is 4.90 Å². The molecule has 20 heavy (non-hydrogen) atoms. The van der Waals surface area contributed by atoms with Crippen LogP contribution in [0.2, 0.25) is 0 Å². The fourth-order valence-corrected chi connectivity index (χ4v) is 2.09. The molecule has 0 aliphatic heterocycles. The summed E-state index contributed by atoms with van der Waals surface area (Å²) in [5.74, 6) is 0.179. The molecule has 1 aliphatic carbocycles. The number of pyridine rings is 1. The lowest BCUT2D eigenvalue weighted by molar-refractivity contribution is -0.141. The van der Waals surface area contributed by atoms with E-state index in [9.17, 15) is 13.2 Å². The highest BCUT2D eigenvalue weighted by molar-refractivity contribution is 5.56. The predicted octanol–water partition coefficient (Wildman–Crippen LogP) is 3.74. The average Bonchev–Trinajstić information content (AvgIpc) is 3.22. The summed E-state index contributed by atoms with van der Waals surface area (Å²) >= 11 is 0. The van der Waals surface area contributed by atoms with Crippen molar-refractivity contribution in [2.45, 2.75) is 44.8 Å². The molecule has 1 fully saturated rings. The molecule has 6 heteroatoms. The highest BCUT2D eigenvalue weighted by Crippen LogP contribution is 2.35. The first-order chi connectivity index (χ1) is 9.47. The Morgan fingerprint density at radius 1 is 1.40 bits per heavy atom. The van der Waals surface area contributed by atoms with E-state index in [2.05, 4.69) is 4.98 Å². The Morgan fingerprint density at radius 3 is 2.60 bits per heavy atom. The number of rotatable bonds is 5. The van der Waals surface area contributed by atoms with Gasteiger partial charge < -0.3 is 4.90 Å². The Morgan fingerprint density at radius 2 is 2.10 bits per heavy atom. The van der Waals surface area contributed by atoms with E-state index in [4.69, 9.17) is 5.26 Å². The second kappa shape index (κ2) is 5.70. The first kappa shape index (κ1) is 14.6. The van der Waals surface area contributed by atoms with Crippen molar-refractivity contribution in [3.63, 3.8) is 0 Å². The van der Waals surface area contributed by atoms with Crippen LogP contribution >= 0.6 is 0 Å². The van der Waals surface area contributed by atoms with Gasteiger partial charge in [0.15, 0.2) is 0 Å². The summed E-state index contributed by atoms with van der Waals surface area (Å²) in [6.45, 7) is 2.67. The molecule has 2 rings (SSSR count). The number of nitrogens with zero attached hydrogens (tertiary/aromatic N) is 3. The molecule has 1 saturated carbocycles. The summed E-state index contributed by atoms with van der Waals surface area (Å²) in [4.78, 5) is 5.57. The monoisotopic (exact) mass is 283 g/mol. The molecule has 0 aromatic carbocycles. The van der Waals surface area contributed by atoms with E-state index in [-0.39, 0.29) is 17.4 Å². The smallest absolute Gasteiger partial charge is 0.353 e. The maximum atomic E-state index is 12.8. The van der Waals surface area contributed by atoms with E-state index >= 15 is 0 Å². The number of alkyl halides is 3. The van der Waals surface area contributed by atoms with Crippen LogP contribution in [0.3, 0.4) is 0 Å². The molecule has 0 saturated heterocycles. The lowest BCUT2D eigenvalue weighted by Crippen LogP contribution is -2.29. The first-order valence-corrected chi connectivity index (χ1v) is 6.72. The summed E-state index contributed by atoms with van der Waals surface area (Å²) in [6, 6.07) is 4.25. The van der Waals surface area contributed by atoms with Gasteiger partial charge in [0.05, 0.1) is 5.56 Å². The summed E-state index contributed by atoms with van der Waals surface area (Å²) in [7, 11) is 0. The van der Waals surface area contributed by atoms with Crippen molar-refractivity contribution in [1.29, 1.82) is 5.26 Å². The highest BCUT2D eigenvalue weighted by atomic mass is 19.4. The fourth-order valence-electron chi connectivity index (χ4n) is 2.09. The second-order valence-corrected chi connectivity index (χ2v) is 4.96. The van der Waals surface area contributed by atoms with Crippen molar-refractivity contribution in [1.82, 2.24) is 4.98 Å². The summed E-state index contributed by atoms with van der Waals surface area (Å²) in [5, 5.41) is 9.09. The number of unbranched alkanes of at least 4 members (excludes halogenated alkanes) is 1. The van der Waals surface area contributed by atoms with Gasteiger partial charge in [-0.15, -0.1) is 0 Å². The van der Waals surface area contributed by atoms with E-state index in [0.29, 0.717) is 6.54 Å². The Kier molecular flexibility index (Phi) is 4.17. The van der Waals surface area contributed by atoms with Gasteiger partial charge >= 0.3 is 6.18 Å². The Hall–Kier alpha value is -1.77. The van der Waals surface area contributed by atoms with E-state index in [1.807, 2.05) is 17.9 Å². The quantitative estimate of drug-likeness (QED) is 0.826. The van der Waals surface area contributed by atoms with Gasteiger partial charge in [-0.1, -0.05) is 13.3 Å². The molecule has 0 spiro atoms. The molecule has 1 aromatic rings. The highest BCUT2D eigenvalue weighted by Gasteiger charge is 2.36. The SMILES string of the molecule is CCCCN(c1nc(C(F)(F)F)ccc1C#N)C1CC1. The van der Waals surface area contributed by atoms with Crippen LogP contribution in [0, 0.1) is 11.3 Å². The third-order valence-electron chi connectivity index (χ3n) is 3.30. The average molecular weight is 283 g/mol. The minimum atomic E-state index is -4.48. The van der Waals surface area contributed by atoms with Crippen molar-refractivity contribution >= 4 is 5.82 Å². The largest absolute Gasteiger partial charge is 0.433 e. The molecule has 0 bridgehead atoms. The number of hydrogen-bond donors (Lipinski definition) is 0. The van der Waals surface area contributed by atoms with Gasteiger partial charge in [0.25, 0.3) is 0 Å². The molecular weight excluding hydrogens is 267 g/mol. The van der Waals surface area contributed by atoms with Crippen LogP contribution in [0.1, 0.15) is 43.9 Å². The normalized spacial score (nSPS) is 14.9. The minimum Gasteiger partial charge on any atom is -0.353 e. The molecule has 1 heterocycles. The second-order valence-electron chi connectivity index (χ2n) is 4.96. The standard InChI is InChI=1S/C14H16F3N3/c1-2-3-8-20(11-5-6-11)13-10(9-18)4-7-12(19-13)14(15,16)17/h4,7,11H,2-3,5-6,8H2,1H3. The third kappa shape index (κ3) is 3.21. The maximum Gasteiger partial charge on any atom is 0.433 e. The molecule has 108 valence electrons. The number of anilines is 1. The maximum absolute atomic E-state index is 12.8. The molecule has 1 aromatic heterocycles. The van der Waals surface area contributed by atoms with Gasteiger partial charge in [0, 0.05) is 12.6 Å². The number of halogens is 3. The molecule has 0 radical (unpaired) electrons. The zero-order chi connectivity index (χ0) is 14.8. The van der Waals surface area contributed by atoms with Crippen LogP contribution in [-0.2, 0) is 6.18 Å². The fraction of sp³-hybridized carbons (Fsp3) is 0.571. The van der Waals surface area contributed by atoms with Gasteiger partial charge in [-0.25, -0.2) is 4.98 Å². The molecule has 0 N–H and O–H groups in total. The van der Waals surface area contributed by atoms with Crippen molar-refractivity contribution < 1.29 is 13.2 Å². The van der Waals surface area contributed by atoms with Gasteiger partial charge in [-0.2, -0.15) is 18.4 Å². The van der Waals surface area contributed by atoms with E-state index in [1.54, 1.807) is 0 Å². The van der Waals surface area contributed by atoms with Gasteiger partial charge in [-0.05, 0) is 31.4 Å². The van der Waals surface area contributed by atoms with Gasteiger partial charge in [0.1, 0.15) is 17.6 Å². The van der Waals surface area contributed by atoms with Crippen LogP contribution in [0.25, 0.3) is 0 Å². The van der Waals surface area contributed by atoms with E-state index < -0.39 is 11.9 Å². The zero-order valence-corrected chi connectivity index (χ0v) is 11.2. The Balaban J connectivity index is 2.38. The van der Waals surface area contributed by atoms with Crippen LogP contribution in [-0.4, -0.2) is 17.6 Å². The van der Waals surface area contributed by atoms with Crippen LogP contribution in [0.15, 0.2) is 12.1 Å². The van der Waals surface area contributed by atoms with Crippen molar-refractivity contribution in [3.8, 4) is 6.07 Å². The molecule has 0 atom stereocenters. The minimum absolute atomic E-state index is 0.179. The van der Waals surface area contributed by atoms with E-state index in [1.165, 1.54) is 6.07 Å². The summed E-state index contributed by atoms with van der Waals surface area (Å²) < 4.78 is 38.3. The van der Waals surface area contributed by atoms with Gasteiger partial charge in [0.2, 0.25) is 0 Å². The Bertz CT molecular complexity index is 515. The molecule has 1 aliphatic rings. The molecule has 3 nitrogen and oxygen atoms in total. The van der Waals surface area contributed by atoms with Gasteiger partial charge in [-0.3, -0.25) is 0 Å². The third-order valence-corrected chi connectivity index (χ3v) is 3.30. The number of nitriles is 1. The molecule has 0 amide bonds. The molecule has 0 unspecified atom stereocenters. The number of hydrogen-bond acceptors (Lipinski definition) is 3. The van der Waals surface area contributed by atoms with E-state index in [0.717, 1.165) is 31.7 Å². The summed E-state index contributed by atoms with van der Waals surface area (Å²) in [6.07, 6.45) is -0.759. The van der Waals surface area contributed by atoms with Crippen molar-refractivity contribution in [3.05, 3.63) is 23.4 Å². The summed E-state index contributed by atoms with van der Waals surface area (Å²) in [5.41, 5.74) is -0.727. The van der Waals surface area contributed by atoms with Crippen molar-refractivity contribution in [2.75, 3.05) is 11.4 Å². The Labute approximate surface area is 116 Å². The van der Waals surface area contributed by atoms with Crippen molar-refractivity contribution in [2.24, 2.45) is 0 Å². The first-order valence-electron chi connectivity index (χ1n) is 6.72.